The molecule has 8 nitrogen and oxygen atoms in total. The van der Waals surface area contributed by atoms with Crippen molar-refractivity contribution in [2.24, 2.45) is 7.05 Å². The smallest absolute Gasteiger partial charge is 0.261 e. The van der Waals surface area contributed by atoms with Crippen LogP contribution >= 0.6 is 0 Å². The molecule has 0 bridgehead atoms. The zero-order valence-electron chi connectivity index (χ0n) is 16.7. The zero-order valence-corrected chi connectivity index (χ0v) is 16.7. The van der Waals surface area contributed by atoms with Crippen LogP contribution < -0.4 is 10.1 Å². The van der Waals surface area contributed by atoms with Crippen molar-refractivity contribution in [2.75, 3.05) is 25.6 Å². The van der Waals surface area contributed by atoms with E-state index in [-0.39, 0.29) is 5.91 Å². The van der Waals surface area contributed by atoms with E-state index in [0.29, 0.717) is 23.1 Å². The SMILES string of the molecule is COc1cc2nc(C3CCOCC3)cn2cc1C(=O)Nc1cnn(C)c1C1CC1. The number of aromatic nitrogens is 4. The Hall–Kier alpha value is -2.87. The van der Waals surface area contributed by atoms with Crippen LogP contribution in [0.15, 0.2) is 24.7 Å². The van der Waals surface area contributed by atoms with Gasteiger partial charge in [0.25, 0.3) is 5.91 Å². The number of methoxy groups -OCH3 is 1. The van der Waals surface area contributed by atoms with Crippen LogP contribution in [0.3, 0.4) is 0 Å². The lowest BCUT2D eigenvalue weighted by Gasteiger charge is -2.19. The molecule has 4 heterocycles. The third kappa shape index (κ3) is 3.37. The predicted molar refractivity (Wildman–Crippen MR) is 108 cm³/mol. The molecule has 29 heavy (non-hydrogen) atoms. The van der Waals surface area contributed by atoms with Crippen LogP contribution in [-0.4, -0.2) is 45.4 Å². The molecule has 0 spiro atoms. The molecule has 1 aliphatic carbocycles. The first kappa shape index (κ1) is 18.2. The highest BCUT2D eigenvalue weighted by Gasteiger charge is 2.30. The quantitative estimate of drug-likeness (QED) is 0.718. The van der Waals surface area contributed by atoms with Gasteiger partial charge in [0, 0.05) is 50.6 Å². The number of ether oxygens (including phenoxy) is 2. The number of fused-ring (bicyclic) bond motifs is 1. The highest BCUT2D eigenvalue weighted by Crippen LogP contribution is 2.43. The zero-order chi connectivity index (χ0) is 20.0. The normalized spacial score (nSPS) is 17.6. The number of hydrogen-bond donors (Lipinski definition) is 1. The largest absolute Gasteiger partial charge is 0.496 e. The molecule has 1 N–H and O–H groups in total. The van der Waals surface area contributed by atoms with Gasteiger partial charge in [0.1, 0.15) is 11.4 Å². The van der Waals surface area contributed by atoms with Crippen LogP contribution in [0.25, 0.3) is 5.65 Å². The summed E-state index contributed by atoms with van der Waals surface area (Å²) in [6.07, 6.45) is 9.76. The van der Waals surface area contributed by atoms with E-state index in [9.17, 15) is 4.79 Å². The number of carbonyl (C=O) groups excluding carboxylic acids is 1. The summed E-state index contributed by atoms with van der Waals surface area (Å²) in [6, 6.07) is 1.82. The Labute approximate surface area is 168 Å². The molecule has 8 heteroatoms. The number of imidazole rings is 1. The average Bonchev–Trinajstić information content (AvgIpc) is 3.38. The van der Waals surface area contributed by atoms with Gasteiger partial charge in [-0.15, -0.1) is 0 Å². The van der Waals surface area contributed by atoms with E-state index in [1.165, 1.54) is 0 Å². The van der Waals surface area contributed by atoms with Gasteiger partial charge in [0.15, 0.2) is 0 Å². The number of aryl methyl sites for hydroxylation is 1. The van der Waals surface area contributed by atoms with Gasteiger partial charge in [-0.2, -0.15) is 5.10 Å². The number of carbonyl (C=O) groups is 1. The molecule has 0 aromatic carbocycles. The van der Waals surface area contributed by atoms with Crippen LogP contribution in [0.2, 0.25) is 0 Å². The Morgan fingerprint density at radius 2 is 2.00 bits per heavy atom. The minimum Gasteiger partial charge on any atom is -0.496 e. The van der Waals surface area contributed by atoms with E-state index >= 15 is 0 Å². The summed E-state index contributed by atoms with van der Waals surface area (Å²) in [5.74, 6) is 1.18. The Balaban J connectivity index is 1.46. The van der Waals surface area contributed by atoms with Crippen molar-refractivity contribution in [2.45, 2.75) is 37.5 Å². The fraction of sp³-hybridized carbons (Fsp3) is 0.476. The maximum absolute atomic E-state index is 13.1. The number of nitrogens with zero attached hydrogens (tertiary/aromatic N) is 4. The molecule has 3 aromatic heterocycles. The second-order valence-electron chi connectivity index (χ2n) is 7.87. The Morgan fingerprint density at radius 3 is 2.72 bits per heavy atom. The first-order valence-corrected chi connectivity index (χ1v) is 10.1. The monoisotopic (exact) mass is 395 g/mol. The maximum atomic E-state index is 13.1. The van der Waals surface area contributed by atoms with Gasteiger partial charge in [-0.3, -0.25) is 9.48 Å². The fourth-order valence-corrected chi connectivity index (χ4v) is 4.14. The Bertz CT molecular complexity index is 1060. The van der Waals surface area contributed by atoms with E-state index in [1.54, 1.807) is 19.5 Å². The van der Waals surface area contributed by atoms with E-state index < -0.39 is 0 Å². The van der Waals surface area contributed by atoms with Crippen LogP contribution in [0.5, 0.6) is 5.75 Å². The van der Waals surface area contributed by atoms with Crippen molar-refractivity contribution in [3.05, 3.63) is 41.6 Å². The van der Waals surface area contributed by atoms with Crippen LogP contribution in [0, 0.1) is 0 Å². The van der Waals surface area contributed by atoms with Crippen molar-refractivity contribution < 1.29 is 14.3 Å². The maximum Gasteiger partial charge on any atom is 0.261 e. The first-order valence-electron chi connectivity index (χ1n) is 10.1. The molecule has 0 atom stereocenters. The number of hydrogen-bond acceptors (Lipinski definition) is 5. The summed E-state index contributed by atoms with van der Waals surface area (Å²) in [7, 11) is 3.49. The summed E-state index contributed by atoms with van der Waals surface area (Å²) in [5, 5.41) is 7.34. The lowest BCUT2D eigenvalue weighted by Crippen LogP contribution is -2.15. The number of amides is 1. The number of nitrogens with one attached hydrogen (secondary N) is 1. The first-order chi connectivity index (χ1) is 14.1. The average molecular weight is 395 g/mol. The van der Waals surface area contributed by atoms with Gasteiger partial charge in [-0.05, 0) is 25.7 Å². The molecule has 1 saturated heterocycles. The minimum absolute atomic E-state index is 0.208. The second kappa shape index (κ2) is 7.18. The molecule has 1 aliphatic heterocycles. The van der Waals surface area contributed by atoms with Gasteiger partial charge >= 0.3 is 0 Å². The highest BCUT2D eigenvalue weighted by molar-refractivity contribution is 6.06. The molecule has 0 unspecified atom stereocenters. The topological polar surface area (TPSA) is 82.7 Å². The van der Waals surface area contributed by atoms with E-state index in [0.717, 1.165) is 61.6 Å². The van der Waals surface area contributed by atoms with Crippen LogP contribution in [0.4, 0.5) is 5.69 Å². The lowest BCUT2D eigenvalue weighted by atomic mass is 9.97. The molecule has 1 amide bonds. The van der Waals surface area contributed by atoms with Crippen molar-refractivity contribution in [3.8, 4) is 5.75 Å². The van der Waals surface area contributed by atoms with E-state index in [2.05, 4.69) is 10.4 Å². The predicted octanol–water partition coefficient (Wildman–Crippen LogP) is 3.10. The summed E-state index contributed by atoms with van der Waals surface area (Å²) in [6.45, 7) is 1.54. The standard InChI is InChI=1S/C21H25N5O3/c1-25-20(14-3-4-14)16(10-22-25)24-21(27)15-11-26-12-17(13-5-7-29-8-6-13)23-19(26)9-18(15)28-2/h9-14H,3-8H2,1-2H3,(H,24,27). The fourth-order valence-electron chi connectivity index (χ4n) is 4.14. The Morgan fingerprint density at radius 1 is 1.21 bits per heavy atom. The van der Waals surface area contributed by atoms with Crippen molar-refractivity contribution in [3.63, 3.8) is 0 Å². The summed E-state index contributed by atoms with van der Waals surface area (Å²) in [5.41, 5.74) is 4.15. The molecular formula is C21H25N5O3. The number of pyridine rings is 1. The number of anilines is 1. The lowest BCUT2D eigenvalue weighted by molar-refractivity contribution is 0.0846. The van der Waals surface area contributed by atoms with Crippen LogP contribution in [0.1, 0.15) is 59.3 Å². The molecule has 152 valence electrons. The van der Waals surface area contributed by atoms with Crippen molar-refractivity contribution in [1.29, 1.82) is 0 Å². The highest BCUT2D eigenvalue weighted by atomic mass is 16.5. The molecule has 5 rings (SSSR count). The minimum atomic E-state index is -0.208. The molecule has 3 aromatic rings. The molecule has 0 radical (unpaired) electrons. The van der Waals surface area contributed by atoms with Gasteiger partial charge in [-0.1, -0.05) is 0 Å². The third-order valence-electron chi connectivity index (χ3n) is 5.87. The van der Waals surface area contributed by atoms with Crippen molar-refractivity contribution in [1.82, 2.24) is 19.2 Å². The van der Waals surface area contributed by atoms with Gasteiger partial charge in [0.2, 0.25) is 0 Å². The molecule has 2 aliphatic rings. The Kier molecular flexibility index (Phi) is 4.50. The van der Waals surface area contributed by atoms with Crippen LogP contribution in [-0.2, 0) is 11.8 Å². The van der Waals surface area contributed by atoms with E-state index in [4.69, 9.17) is 14.5 Å². The van der Waals surface area contributed by atoms with Crippen molar-refractivity contribution >= 4 is 17.2 Å². The van der Waals surface area contributed by atoms with Gasteiger partial charge in [0.05, 0.1) is 35.9 Å². The summed E-state index contributed by atoms with van der Waals surface area (Å²) < 4.78 is 14.7. The van der Waals surface area contributed by atoms with Gasteiger partial charge < -0.3 is 19.2 Å². The second-order valence-corrected chi connectivity index (χ2v) is 7.87. The molecule has 2 fully saturated rings. The summed E-state index contributed by atoms with van der Waals surface area (Å²) >= 11 is 0. The summed E-state index contributed by atoms with van der Waals surface area (Å²) in [4.78, 5) is 17.8. The van der Waals surface area contributed by atoms with E-state index in [1.807, 2.05) is 28.4 Å². The number of rotatable bonds is 5. The molecular weight excluding hydrogens is 370 g/mol. The third-order valence-corrected chi connectivity index (χ3v) is 5.87. The van der Waals surface area contributed by atoms with Gasteiger partial charge in [-0.25, -0.2) is 4.98 Å². The molecule has 1 saturated carbocycles.